The quantitative estimate of drug-likeness (QED) is 0.381. The van der Waals surface area contributed by atoms with Crippen molar-refractivity contribution in [1.82, 2.24) is 9.97 Å². The molecule has 0 saturated heterocycles. The van der Waals surface area contributed by atoms with Gasteiger partial charge in [-0.2, -0.15) is 0 Å². The Morgan fingerprint density at radius 3 is 2.37 bits per heavy atom. The van der Waals surface area contributed by atoms with Gasteiger partial charge >= 0.3 is 12.0 Å². The highest BCUT2D eigenvalue weighted by Crippen LogP contribution is 2.21. The number of benzene rings is 1. The predicted molar refractivity (Wildman–Crippen MR) is 112 cm³/mol. The average Bonchev–Trinajstić information content (AvgIpc) is 2.78. The van der Waals surface area contributed by atoms with E-state index in [1.54, 1.807) is 42.7 Å². The van der Waals surface area contributed by atoms with Gasteiger partial charge in [-0.25, -0.2) is 14.8 Å². The molecule has 0 saturated carbocycles. The fourth-order valence-corrected chi connectivity index (χ4v) is 2.83. The second-order valence-electron chi connectivity index (χ2n) is 6.54. The Morgan fingerprint density at radius 2 is 1.73 bits per heavy atom. The van der Waals surface area contributed by atoms with Gasteiger partial charge in [-0.1, -0.05) is 19.1 Å². The molecule has 3 aromatic rings. The Balaban J connectivity index is 1.71. The van der Waals surface area contributed by atoms with E-state index >= 15 is 0 Å². The first-order chi connectivity index (χ1) is 14.5. The van der Waals surface area contributed by atoms with Crippen LogP contribution >= 0.6 is 0 Å². The second-order valence-corrected chi connectivity index (χ2v) is 6.54. The molecule has 0 aliphatic carbocycles. The zero-order valence-corrected chi connectivity index (χ0v) is 16.7. The van der Waals surface area contributed by atoms with Crippen molar-refractivity contribution in [2.75, 3.05) is 24.3 Å². The Morgan fingerprint density at radius 1 is 1.07 bits per heavy atom. The molecular weight excluding hydrogens is 388 g/mol. The number of anilines is 2. The molecule has 0 aliphatic heterocycles. The van der Waals surface area contributed by atoms with Crippen molar-refractivity contribution in [3.05, 3.63) is 68.7 Å². The van der Waals surface area contributed by atoms with Gasteiger partial charge in [0.2, 0.25) is 0 Å². The highest BCUT2D eigenvalue weighted by atomic mass is 16.5. The summed E-state index contributed by atoms with van der Waals surface area (Å²) in [5.74, 6) is 0.00329. The van der Waals surface area contributed by atoms with Crippen LogP contribution in [-0.4, -0.2) is 35.6 Å². The topological polar surface area (TPSA) is 120 Å². The van der Waals surface area contributed by atoms with E-state index in [0.717, 1.165) is 12.0 Å². The van der Waals surface area contributed by atoms with Gasteiger partial charge in [0.15, 0.2) is 0 Å². The maximum Gasteiger partial charge on any atom is 0.328 e. The SMILES string of the molecule is CCCNc1c(N[C@@H](Cc2ccc(Oc3ncccn3)cc2)C(=O)OC)c(=O)c1=O. The Hall–Kier alpha value is -3.75. The summed E-state index contributed by atoms with van der Waals surface area (Å²) in [4.78, 5) is 44.0. The summed E-state index contributed by atoms with van der Waals surface area (Å²) in [7, 11) is 1.27. The molecule has 3 rings (SSSR count). The number of hydrogen-bond donors (Lipinski definition) is 2. The van der Waals surface area contributed by atoms with E-state index in [2.05, 4.69) is 20.6 Å². The van der Waals surface area contributed by atoms with Gasteiger partial charge in [0.25, 0.3) is 10.9 Å². The molecule has 0 unspecified atom stereocenters. The van der Waals surface area contributed by atoms with E-state index in [1.165, 1.54) is 7.11 Å². The number of esters is 1. The molecule has 9 nitrogen and oxygen atoms in total. The summed E-state index contributed by atoms with van der Waals surface area (Å²) >= 11 is 0. The molecule has 156 valence electrons. The van der Waals surface area contributed by atoms with E-state index in [9.17, 15) is 14.4 Å². The van der Waals surface area contributed by atoms with Gasteiger partial charge in [0.1, 0.15) is 23.2 Å². The summed E-state index contributed by atoms with van der Waals surface area (Å²) in [6, 6.07) is 8.12. The van der Waals surface area contributed by atoms with Crippen LogP contribution < -0.4 is 26.2 Å². The third-order valence-electron chi connectivity index (χ3n) is 4.38. The normalized spacial score (nSPS) is 11.7. The van der Waals surface area contributed by atoms with Gasteiger partial charge in [0, 0.05) is 25.4 Å². The maximum absolute atomic E-state index is 12.2. The third kappa shape index (κ3) is 4.80. The van der Waals surface area contributed by atoms with E-state index in [1.807, 2.05) is 6.92 Å². The van der Waals surface area contributed by atoms with Crippen LogP contribution in [-0.2, 0) is 16.0 Å². The summed E-state index contributed by atoms with van der Waals surface area (Å²) in [5, 5.41) is 5.79. The van der Waals surface area contributed by atoms with Crippen LogP contribution in [0.1, 0.15) is 18.9 Å². The van der Waals surface area contributed by atoms with Gasteiger partial charge in [-0.05, 0) is 30.2 Å². The average molecular weight is 410 g/mol. The van der Waals surface area contributed by atoms with Gasteiger partial charge in [-0.3, -0.25) is 9.59 Å². The summed E-state index contributed by atoms with van der Waals surface area (Å²) in [6.45, 7) is 2.50. The Kier molecular flexibility index (Phi) is 6.74. The van der Waals surface area contributed by atoms with Crippen molar-refractivity contribution >= 4 is 17.3 Å². The zero-order valence-electron chi connectivity index (χ0n) is 16.7. The smallest absolute Gasteiger partial charge is 0.328 e. The van der Waals surface area contributed by atoms with Crippen molar-refractivity contribution in [3.63, 3.8) is 0 Å². The maximum atomic E-state index is 12.2. The number of nitrogens with zero attached hydrogens (tertiary/aromatic N) is 2. The molecule has 0 spiro atoms. The summed E-state index contributed by atoms with van der Waals surface area (Å²) in [5.41, 5.74) is -0.0956. The number of carbonyl (C=O) groups is 1. The minimum absolute atomic E-state index is 0.116. The monoisotopic (exact) mass is 410 g/mol. The molecule has 1 aromatic heterocycles. The molecule has 2 aromatic carbocycles. The lowest BCUT2D eigenvalue weighted by molar-refractivity contribution is -0.141. The number of hydrogen-bond acceptors (Lipinski definition) is 9. The molecule has 9 heteroatoms. The largest absolute Gasteiger partial charge is 0.467 e. The van der Waals surface area contributed by atoms with Gasteiger partial charge in [0.05, 0.1) is 7.11 Å². The van der Waals surface area contributed by atoms with Crippen LogP contribution in [0.15, 0.2) is 52.3 Å². The fourth-order valence-electron chi connectivity index (χ4n) is 2.83. The van der Waals surface area contributed by atoms with E-state index in [-0.39, 0.29) is 23.8 Å². The molecule has 0 amide bonds. The van der Waals surface area contributed by atoms with E-state index < -0.39 is 22.9 Å². The van der Waals surface area contributed by atoms with Crippen LogP contribution in [0.25, 0.3) is 0 Å². The number of nitrogens with one attached hydrogen (secondary N) is 2. The van der Waals surface area contributed by atoms with Crippen molar-refractivity contribution in [3.8, 4) is 11.8 Å². The van der Waals surface area contributed by atoms with Gasteiger partial charge in [-0.15, -0.1) is 0 Å². The Bertz CT molecular complexity index is 1060. The first-order valence-electron chi connectivity index (χ1n) is 9.48. The summed E-state index contributed by atoms with van der Waals surface area (Å²) < 4.78 is 10.4. The first-order valence-corrected chi connectivity index (χ1v) is 9.48. The minimum atomic E-state index is -0.829. The molecule has 1 atom stereocenters. The summed E-state index contributed by atoms with van der Waals surface area (Å²) in [6.07, 6.45) is 4.20. The van der Waals surface area contributed by atoms with Crippen LogP contribution in [0.4, 0.5) is 11.4 Å². The van der Waals surface area contributed by atoms with Crippen LogP contribution in [0, 0.1) is 0 Å². The second kappa shape index (κ2) is 9.64. The highest BCUT2D eigenvalue weighted by Gasteiger charge is 2.27. The van der Waals surface area contributed by atoms with Crippen LogP contribution in [0.3, 0.4) is 0 Å². The van der Waals surface area contributed by atoms with Crippen molar-refractivity contribution in [2.45, 2.75) is 25.8 Å². The van der Waals surface area contributed by atoms with Crippen molar-refractivity contribution < 1.29 is 14.3 Å². The van der Waals surface area contributed by atoms with Gasteiger partial charge < -0.3 is 20.1 Å². The van der Waals surface area contributed by atoms with Crippen LogP contribution in [0.5, 0.6) is 11.8 Å². The molecule has 0 fully saturated rings. The number of ether oxygens (including phenoxy) is 2. The molecule has 2 N–H and O–H groups in total. The predicted octanol–water partition coefficient (Wildman–Crippen LogP) is 1.88. The lowest BCUT2D eigenvalue weighted by atomic mass is 10.0. The fraction of sp³-hybridized carbons (Fsp3) is 0.286. The molecular formula is C21H22N4O5. The molecule has 0 aliphatic rings. The Labute approximate surface area is 172 Å². The number of carbonyl (C=O) groups excluding carboxylic acids is 1. The molecule has 0 bridgehead atoms. The van der Waals surface area contributed by atoms with E-state index in [4.69, 9.17) is 9.47 Å². The number of rotatable bonds is 10. The number of aromatic nitrogens is 2. The first kappa shape index (κ1) is 21.0. The van der Waals surface area contributed by atoms with Crippen LogP contribution in [0.2, 0.25) is 0 Å². The minimum Gasteiger partial charge on any atom is -0.467 e. The standard InChI is InChI=1S/C21H22N4O5/c1-3-9-22-16-17(19(27)18(16)26)25-15(20(28)29-2)12-13-5-7-14(8-6-13)30-21-23-10-4-11-24-21/h4-8,10-11,15,22,25H,3,9,12H2,1-2H3/t15-/m0/s1. The lowest BCUT2D eigenvalue weighted by Gasteiger charge is -2.21. The molecule has 1 heterocycles. The third-order valence-corrected chi connectivity index (χ3v) is 4.38. The van der Waals surface area contributed by atoms with E-state index in [0.29, 0.717) is 12.3 Å². The number of methoxy groups -OCH3 is 1. The highest BCUT2D eigenvalue weighted by molar-refractivity contribution is 5.83. The lowest BCUT2D eigenvalue weighted by Crippen LogP contribution is -2.42. The van der Waals surface area contributed by atoms with Crippen molar-refractivity contribution in [1.29, 1.82) is 0 Å². The zero-order chi connectivity index (χ0) is 21.5. The van der Waals surface area contributed by atoms with Crippen molar-refractivity contribution in [2.24, 2.45) is 0 Å². The molecule has 30 heavy (non-hydrogen) atoms. The molecule has 0 radical (unpaired) electrons.